The topological polar surface area (TPSA) is 67.2 Å². The van der Waals surface area contributed by atoms with Gasteiger partial charge < -0.3 is 15.1 Å². The van der Waals surface area contributed by atoms with Crippen molar-refractivity contribution in [2.45, 2.75) is 32.7 Å². The summed E-state index contributed by atoms with van der Waals surface area (Å²) in [5.41, 5.74) is 1.17. The highest BCUT2D eigenvalue weighted by molar-refractivity contribution is 5.95. The van der Waals surface area contributed by atoms with E-state index in [2.05, 4.69) is 22.5 Å². The van der Waals surface area contributed by atoms with Crippen LogP contribution in [0.4, 0.5) is 0 Å². The van der Waals surface area contributed by atoms with Crippen LogP contribution in [0.1, 0.15) is 36.0 Å². The number of aryl methyl sites for hydroxylation is 1. The van der Waals surface area contributed by atoms with Gasteiger partial charge in [0.05, 0.1) is 6.20 Å². The first-order valence-electron chi connectivity index (χ1n) is 7.55. The predicted molar refractivity (Wildman–Crippen MR) is 81.3 cm³/mol. The van der Waals surface area contributed by atoms with Gasteiger partial charge >= 0.3 is 0 Å². The molecule has 2 atom stereocenters. The normalized spacial score (nSPS) is 22.4. The fraction of sp³-hybridized carbons (Fsp3) is 0.500. The molecule has 0 aliphatic carbocycles. The summed E-state index contributed by atoms with van der Waals surface area (Å²) in [6.45, 7) is 5.92. The second-order valence-electron chi connectivity index (χ2n) is 5.71. The van der Waals surface area contributed by atoms with Gasteiger partial charge in [0.1, 0.15) is 11.5 Å². The second kappa shape index (κ2) is 5.85. The Morgan fingerprint density at radius 1 is 1.52 bits per heavy atom. The molecule has 21 heavy (non-hydrogen) atoms. The van der Waals surface area contributed by atoms with Crippen LogP contribution in [0.5, 0.6) is 0 Å². The lowest BCUT2D eigenvalue weighted by Gasteiger charge is -2.32. The molecule has 3 heterocycles. The van der Waals surface area contributed by atoms with E-state index < -0.39 is 0 Å². The molecule has 1 aliphatic heterocycles. The summed E-state index contributed by atoms with van der Waals surface area (Å²) >= 11 is 0. The third-order valence-electron chi connectivity index (χ3n) is 4.23. The molecule has 2 N–H and O–H groups in total. The van der Waals surface area contributed by atoms with Gasteiger partial charge in [-0.1, -0.05) is 13.3 Å². The van der Waals surface area contributed by atoms with Crippen molar-refractivity contribution in [3.05, 3.63) is 29.8 Å². The molecule has 5 nitrogen and oxygen atoms in total. The molecule has 2 aromatic rings. The van der Waals surface area contributed by atoms with Crippen LogP contribution in [0.25, 0.3) is 11.0 Å². The lowest BCUT2D eigenvalue weighted by atomic mass is 9.90. The number of pyridine rings is 1. The molecule has 5 heteroatoms. The number of amides is 1. The Labute approximate surface area is 124 Å². The smallest absolute Gasteiger partial charge is 0.270 e. The Kier molecular flexibility index (Phi) is 3.92. The van der Waals surface area contributed by atoms with Crippen LogP contribution in [0.15, 0.2) is 22.7 Å². The molecular formula is C16H21N3O2. The van der Waals surface area contributed by atoms with Crippen molar-refractivity contribution >= 4 is 16.9 Å². The minimum Gasteiger partial charge on any atom is -0.460 e. The summed E-state index contributed by atoms with van der Waals surface area (Å²) in [7, 11) is 0. The van der Waals surface area contributed by atoms with E-state index >= 15 is 0 Å². The zero-order valence-electron chi connectivity index (χ0n) is 12.5. The molecule has 0 bridgehead atoms. The van der Waals surface area contributed by atoms with Crippen LogP contribution < -0.4 is 10.6 Å². The summed E-state index contributed by atoms with van der Waals surface area (Å²) in [6, 6.07) is 3.89. The molecule has 0 saturated carbocycles. The van der Waals surface area contributed by atoms with E-state index in [1.54, 1.807) is 12.3 Å². The molecule has 0 radical (unpaired) electrons. The van der Waals surface area contributed by atoms with Crippen molar-refractivity contribution in [3.63, 3.8) is 0 Å². The van der Waals surface area contributed by atoms with Gasteiger partial charge in [0.2, 0.25) is 0 Å². The summed E-state index contributed by atoms with van der Waals surface area (Å²) in [4.78, 5) is 16.6. The second-order valence-corrected chi connectivity index (χ2v) is 5.71. The van der Waals surface area contributed by atoms with Gasteiger partial charge in [0.15, 0.2) is 5.58 Å². The van der Waals surface area contributed by atoms with Gasteiger partial charge in [-0.15, -0.1) is 0 Å². The standard InChI is InChI=1S/C16H21N3O2/c1-3-11-4-5-17-8-14(11)19-16(20)13-7-12-6-10(2)21-15(12)9-18-13/h6-7,9,11,14,17H,3-5,8H2,1-2H3,(H,19,20). The van der Waals surface area contributed by atoms with Crippen LogP contribution in [-0.2, 0) is 0 Å². The summed E-state index contributed by atoms with van der Waals surface area (Å²) in [5, 5.41) is 7.37. The molecule has 112 valence electrons. The number of hydrogen-bond acceptors (Lipinski definition) is 4. The fourth-order valence-corrected chi connectivity index (χ4v) is 3.02. The van der Waals surface area contributed by atoms with Crippen molar-refractivity contribution in [1.82, 2.24) is 15.6 Å². The first kappa shape index (κ1) is 14.1. The van der Waals surface area contributed by atoms with Crippen molar-refractivity contribution in [2.24, 2.45) is 5.92 Å². The van der Waals surface area contributed by atoms with Crippen molar-refractivity contribution < 1.29 is 9.21 Å². The minimum absolute atomic E-state index is 0.108. The summed E-state index contributed by atoms with van der Waals surface area (Å²) in [6.07, 6.45) is 3.81. The van der Waals surface area contributed by atoms with E-state index in [-0.39, 0.29) is 11.9 Å². The van der Waals surface area contributed by atoms with E-state index in [4.69, 9.17) is 4.42 Å². The predicted octanol–water partition coefficient (Wildman–Crippen LogP) is 2.25. The summed E-state index contributed by atoms with van der Waals surface area (Å²) < 4.78 is 5.48. The van der Waals surface area contributed by atoms with E-state index in [1.165, 1.54) is 0 Å². The van der Waals surface area contributed by atoms with Crippen molar-refractivity contribution in [2.75, 3.05) is 13.1 Å². The average Bonchev–Trinajstić information content (AvgIpc) is 2.86. The van der Waals surface area contributed by atoms with Crippen molar-refractivity contribution in [3.8, 4) is 0 Å². The third kappa shape index (κ3) is 2.93. The maximum Gasteiger partial charge on any atom is 0.270 e. The number of fused-ring (bicyclic) bond motifs is 1. The lowest BCUT2D eigenvalue weighted by Crippen LogP contribution is -2.51. The Morgan fingerprint density at radius 3 is 3.19 bits per heavy atom. The molecule has 1 fully saturated rings. The number of carbonyl (C=O) groups is 1. The van der Waals surface area contributed by atoms with E-state index in [0.29, 0.717) is 11.6 Å². The number of carbonyl (C=O) groups excluding carboxylic acids is 1. The fourth-order valence-electron chi connectivity index (χ4n) is 3.02. The number of piperidine rings is 1. The summed E-state index contributed by atoms with van der Waals surface area (Å²) in [5.74, 6) is 1.25. The first-order valence-corrected chi connectivity index (χ1v) is 7.55. The van der Waals surface area contributed by atoms with Gasteiger partial charge in [-0.2, -0.15) is 0 Å². The number of hydrogen-bond donors (Lipinski definition) is 2. The largest absolute Gasteiger partial charge is 0.460 e. The number of nitrogens with zero attached hydrogens (tertiary/aromatic N) is 1. The highest BCUT2D eigenvalue weighted by Crippen LogP contribution is 2.20. The highest BCUT2D eigenvalue weighted by Gasteiger charge is 2.25. The maximum atomic E-state index is 12.4. The van der Waals surface area contributed by atoms with Crippen LogP contribution in [0.2, 0.25) is 0 Å². The number of nitrogens with one attached hydrogen (secondary N) is 2. The average molecular weight is 287 g/mol. The molecule has 1 amide bonds. The van der Waals surface area contributed by atoms with Crippen LogP contribution in [0, 0.1) is 12.8 Å². The Balaban J connectivity index is 1.76. The van der Waals surface area contributed by atoms with Crippen LogP contribution in [-0.4, -0.2) is 30.0 Å². The van der Waals surface area contributed by atoms with E-state index in [1.807, 2.05) is 13.0 Å². The zero-order valence-corrected chi connectivity index (χ0v) is 12.5. The maximum absolute atomic E-state index is 12.4. The third-order valence-corrected chi connectivity index (χ3v) is 4.23. The van der Waals surface area contributed by atoms with Crippen LogP contribution in [0.3, 0.4) is 0 Å². The van der Waals surface area contributed by atoms with E-state index in [0.717, 1.165) is 42.7 Å². The Bertz CT molecular complexity index is 650. The molecule has 2 aromatic heterocycles. The first-order chi connectivity index (χ1) is 10.2. The molecule has 0 spiro atoms. The molecular weight excluding hydrogens is 266 g/mol. The van der Waals surface area contributed by atoms with Gasteiger partial charge in [-0.25, -0.2) is 4.98 Å². The number of rotatable bonds is 3. The van der Waals surface area contributed by atoms with Crippen LogP contribution >= 0.6 is 0 Å². The SMILES string of the molecule is CCC1CCNCC1NC(=O)c1cc2cc(C)oc2cn1. The molecule has 1 saturated heterocycles. The van der Waals surface area contributed by atoms with E-state index in [9.17, 15) is 4.79 Å². The zero-order chi connectivity index (χ0) is 14.8. The van der Waals surface area contributed by atoms with Gasteiger partial charge in [-0.3, -0.25) is 4.79 Å². The van der Waals surface area contributed by atoms with Gasteiger partial charge in [0, 0.05) is 18.0 Å². The lowest BCUT2D eigenvalue weighted by molar-refractivity contribution is 0.0905. The molecule has 1 aliphatic rings. The van der Waals surface area contributed by atoms with Crippen molar-refractivity contribution in [1.29, 1.82) is 0 Å². The molecule has 3 rings (SSSR count). The Hall–Kier alpha value is -1.88. The molecule has 2 unspecified atom stereocenters. The number of aromatic nitrogens is 1. The van der Waals surface area contributed by atoms with Gasteiger partial charge in [0.25, 0.3) is 5.91 Å². The highest BCUT2D eigenvalue weighted by atomic mass is 16.3. The van der Waals surface area contributed by atoms with Gasteiger partial charge in [-0.05, 0) is 37.9 Å². The minimum atomic E-state index is -0.108. The number of furan rings is 1. The quantitative estimate of drug-likeness (QED) is 0.908. The Morgan fingerprint density at radius 2 is 2.38 bits per heavy atom. The monoisotopic (exact) mass is 287 g/mol. The molecule has 0 aromatic carbocycles.